The van der Waals surface area contributed by atoms with Crippen LogP contribution in [0, 0.1) is 0 Å². The number of amides is 2. The number of piperazine rings is 1. The molecule has 2 aromatic carbocycles. The molecular formula is C26H31N3O5. The molecule has 0 N–H and O–H groups in total. The van der Waals surface area contributed by atoms with Crippen LogP contribution in [0.2, 0.25) is 0 Å². The van der Waals surface area contributed by atoms with Crippen molar-refractivity contribution in [2.24, 2.45) is 0 Å². The number of rotatable bonds is 7. The van der Waals surface area contributed by atoms with Crippen molar-refractivity contribution in [2.75, 3.05) is 58.5 Å². The number of methoxy groups -OCH3 is 2. The number of carbonyl (C=O) groups is 2. The summed E-state index contributed by atoms with van der Waals surface area (Å²) in [5.41, 5.74) is 3.07. The smallest absolute Gasteiger partial charge is 0.263 e. The number of ether oxygens (including phenoxy) is 3. The van der Waals surface area contributed by atoms with Crippen LogP contribution in [-0.2, 0) is 11.3 Å². The van der Waals surface area contributed by atoms with Gasteiger partial charge in [0.1, 0.15) is 0 Å². The van der Waals surface area contributed by atoms with Crippen molar-refractivity contribution >= 4 is 17.5 Å². The summed E-state index contributed by atoms with van der Waals surface area (Å²) in [6, 6.07) is 11.6. The Labute approximate surface area is 200 Å². The Kier molecular flexibility index (Phi) is 6.43. The molecule has 2 saturated heterocycles. The lowest BCUT2D eigenvalue weighted by Gasteiger charge is -2.36. The van der Waals surface area contributed by atoms with Crippen LogP contribution in [0.4, 0.5) is 5.69 Å². The van der Waals surface area contributed by atoms with Gasteiger partial charge in [0.25, 0.3) is 11.8 Å². The summed E-state index contributed by atoms with van der Waals surface area (Å²) in [6.07, 6.45) is 1.82. The van der Waals surface area contributed by atoms with Crippen LogP contribution in [0.25, 0.3) is 0 Å². The molecule has 8 heteroatoms. The Morgan fingerprint density at radius 3 is 2.47 bits per heavy atom. The van der Waals surface area contributed by atoms with Crippen molar-refractivity contribution in [1.29, 1.82) is 0 Å². The third kappa shape index (κ3) is 4.23. The van der Waals surface area contributed by atoms with Crippen molar-refractivity contribution < 1.29 is 23.8 Å². The summed E-state index contributed by atoms with van der Waals surface area (Å²) in [6.45, 7) is 5.15. The monoisotopic (exact) mass is 465 g/mol. The van der Waals surface area contributed by atoms with E-state index in [-0.39, 0.29) is 17.9 Å². The van der Waals surface area contributed by atoms with E-state index in [0.29, 0.717) is 24.3 Å². The summed E-state index contributed by atoms with van der Waals surface area (Å²) in [5.74, 6) is 1.05. The Morgan fingerprint density at radius 2 is 1.76 bits per heavy atom. The van der Waals surface area contributed by atoms with Crippen molar-refractivity contribution in [3.63, 3.8) is 0 Å². The molecule has 0 radical (unpaired) electrons. The molecule has 0 unspecified atom stereocenters. The predicted molar refractivity (Wildman–Crippen MR) is 128 cm³/mol. The van der Waals surface area contributed by atoms with Crippen LogP contribution < -0.4 is 14.4 Å². The van der Waals surface area contributed by atoms with Gasteiger partial charge in [0.2, 0.25) is 0 Å². The summed E-state index contributed by atoms with van der Waals surface area (Å²) in [4.78, 5) is 32.2. The fourth-order valence-corrected chi connectivity index (χ4v) is 5.12. The van der Waals surface area contributed by atoms with Crippen molar-refractivity contribution in [3.05, 3.63) is 53.1 Å². The average molecular weight is 466 g/mol. The van der Waals surface area contributed by atoms with E-state index in [4.69, 9.17) is 14.2 Å². The molecule has 0 saturated carbocycles. The molecule has 34 heavy (non-hydrogen) atoms. The number of anilines is 1. The molecule has 3 heterocycles. The van der Waals surface area contributed by atoms with E-state index < -0.39 is 0 Å². The zero-order valence-electron chi connectivity index (χ0n) is 19.8. The van der Waals surface area contributed by atoms with E-state index >= 15 is 0 Å². The molecule has 2 fully saturated rings. The first kappa shape index (κ1) is 22.7. The second-order valence-corrected chi connectivity index (χ2v) is 9.01. The minimum absolute atomic E-state index is 0.0502. The number of benzene rings is 2. The number of imide groups is 1. The zero-order chi connectivity index (χ0) is 23.7. The van der Waals surface area contributed by atoms with Crippen LogP contribution in [-0.4, -0.2) is 81.3 Å². The third-order valence-electron chi connectivity index (χ3n) is 6.95. The van der Waals surface area contributed by atoms with Gasteiger partial charge in [-0.15, -0.1) is 0 Å². The molecule has 2 amide bonds. The molecule has 0 spiro atoms. The molecule has 0 aliphatic carbocycles. The fourth-order valence-electron chi connectivity index (χ4n) is 5.12. The number of carbonyl (C=O) groups excluding carboxylic acids is 2. The molecule has 3 aliphatic rings. The van der Waals surface area contributed by atoms with Gasteiger partial charge < -0.3 is 19.1 Å². The van der Waals surface area contributed by atoms with E-state index in [1.807, 2.05) is 24.3 Å². The highest BCUT2D eigenvalue weighted by atomic mass is 16.5. The van der Waals surface area contributed by atoms with Gasteiger partial charge in [-0.05, 0) is 42.7 Å². The lowest BCUT2D eigenvalue weighted by molar-refractivity contribution is 0.0475. The predicted octanol–water partition coefficient (Wildman–Crippen LogP) is 2.80. The van der Waals surface area contributed by atoms with Gasteiger partial charge in [-0.25, -0.2) is 0 Å². The minimum atomic E-state index is -0.204. The maximum Gasteiger partial charge on any atom is 0.263 e. The maximum absolute atomic E-state index is 13.3. The van der Waals surface area contributed by atoms with E-state index in [9.17, 15) is 9.59 Å². The summed E-state index contributed by atoms with van der Waals surface area (Å²) >= 11 is 0. The Morgan fingerprint density at radius 1 is 0.971 bits per heavy atom. The molecule has 0 bridgehead atoms. The van der Waals surface area contributed by atoms with Crippen LogP contribution in [0.1, 0.15) is 39.1 Å². The SMILES string of the molecule is COc1ccc(CN2CCN(c3cccc4c3C(=O)N(C[C@@H]3CCCO3)C4=O)CC2)cc1OC. The van der Waals surface area contributed by atoms with E-state index in [0.717, 1.165) is 68.3 Å². The molecule has 3 aliphatic heterocycles. The van der Waals surface area contributed by atoms with Gasteiger partial charge in [-0.2, -0.15) is 0 Å². The number of hydrogen-bond donors (Lipinski definition) is 0. The Balaban J connectivity index is 1.26. The molecule has 180 valence electrons. The lowest BCUT2D eigenvalue weighted by Crippen LogP contribution is -2.46. The highest BCUT2D eigenvalue weighted by molar-refractivity contribution is 6.23. The second-order valence-electron chi connectivity index (χ2n) is 9.01. The Bertz CT molecular complexity index is 1070. The maximum atomic E-state index is 13.3. The summed E-state index contributed by atoms with van der Waals surface area (Å²) in [5, 5.41) is 0. The van der Waals surface area contributed by atoms with Crippen LogP contribution in [0.5, 0.6) is 11.5 Å². The van der Waals surface area contributed by atoms with Crippen molar-refractivity contribution in [3.8, 4) is 11.5 Å². The molecule has 8 nitrogen and oxygen atoms in total. The van der Waals surface area contributed by atoms with Gasteiger partial charge in [0.15, 0.2) is 11.5 Å². The third-order valence-corrected chi connectivity index (χ3v) is 6.95. The van der Waals surface area contributed by atoms with Crippen LogP contribution in [0.3, 0.4) is 0 Å². The van der Waals surface area contributed by atoms with E-state index in [2.05, 4.69) is 15.9 Å². The van der Waals surface area contributed by atoms with Crippen LogP contribution in [0.15, 0.2) is 36.4 Å². The van der Waals surface area contributed by atoms with Gasteiger partial charge in [-0.1, -0.05) is 12.1 Å². The van der Waals surface area contributed by atoms with Gasteiger partial charge in [0, 0.05) is 39.3 Å². The van der Waals surface area contributed by atoms with E-state index in [1.54, 1.807) is 20.3 Å². The lowest BCUT2D eigenvalue weighted by atomic mass is 10.1. The highest BCUT2D eigenvalue weighted by Crippen LogP contribution is 2.33. The number of fused-ring (bicyclic) bond motifs is 1. The quantitative estimate of drug-likeness (QED) is 0.583. The minimum Gasteiger partial charge on any atom is -0.493 e. The van der Waals surface area contributed by atoms with Crippen molar-refractivity contribution in [1.82, 2.24) is 9.80 Å². The summed E-state index contributed by atoms with van der Waals surface area (Å²) in [7, 11) is 3.28. The van der Waals surface area contributed by atoms with Gasteiger partial charge >= 0.3 is 0 Å². The zero-order valence-corrected chi connectivity index (χ0v) is 19.8. The first-order valence-electron chi connectivity index (χ1n) is 11.9. The molecular weight excluding hydrogens is 434 g/mol. The first-order chi connectivity index (χ1) is 16.6. The molecule has 5 rings (SSSR count). The highest BCUT2D eigenvalue weighted by Gasteiger charge is 2.40. The molecule has 0 aromatic heterocycles. The van der Waals surface area contributed by atoms with Crippen molar-refractivity contribution in [2.45, 2.75) is 25.5 Å². The number of hydrogen-bond acceptors (Lipinski definition) is 7. The topological polar surface area (TPSA) is 71.5 Å². The second kappa shape index (κ2) is 9.64. The normalized spacial score (nSPS) is 20.7. The van der Waals surface area contributed by atoms with Gasteiger partial charge in [0.05, 0.1) is 43.7 Å². The number of nitrogens with zero attached hydrogens (tertiary/aromatic N) is 3. The molecule has 1 atom stereocenters. The van der Waals surface area contributed by atoms with E-state index in [1.165, 1.54) is 4.90 Å². The molecule has 2 aromatic rings. The van der Waals surface area contributed by atoms with Crippen LogP contribution >= 0.6 is 0 Å². The first-order valence-corrected chi connectivity index (χ1v) is 11.9. The van der Waals surface area contributed by atoms with Gasteiger partial charge in [-0.3, -0.25) is 19.4 Å². The Hall–Kier alpha value is -3.10. The standard InChI is InChI=1S/C26H31N3O5/c1-32-22-9-8-18(15-23(22)33-2)16-27-10-12-28(13-11-27)21-7-3-6-20-24(21)26(31)29(25(20)30)17-19-5-4-14-34-19/h3,6-9,15,19H,4-5,10-14,16-17H2,1-2H3/t19-/m0/s1. The average Bonchev–Trinajstić information content (AvgIpc) is 3.47. The summed E-state index contributed by atoms with van der Waals surface area (Å²) < 4.78 is 16.4. The largest absolute Gasteiger partial charge is 0.493 e. The fraction of sp³-hybridized carbons (Fsp3) is 0.462.